The fraction of sp³-hybridized carbons (Fsp3) is 0.381. The number of halogens is 7. The number of hydrogen-bond acceptors (Lipinski definition) is 2. The van der Waals surface area contributed by atoms with Crippen LogP contribution in [0.1, 0.15) is 24.2 Å². The normalized spacial score (nSPS) is 16.3. The number of para-hydroxylation sites is 2. The monoisotopic (exact) mass is 461 g/mol. The summed E-state index contributed by atoms with van der Waals surface area (Å²) in [5.41, 5.74) is 0.415. The molecule has 1 aliphatic heterocycles. The molecule has 2 heterocycles. The van der Waals surface area contributed by atoms with Gasteiger partial charge in [0.05, 0.1) is 21.6 Å². The first-order valence-electron chi connectivity index (χ1n) is 9.68. The average Bonchev–Trinajstić information content (AvgIpc) is 3.06. The van der Waals surface area contributed by atoms with Gasteiger partial charge in [-0.3, -0.25) is 0 Å². The van der Waals surface area contributed by atoms with Crippen LogP contribution in [0.25, 0.3) is 11.0 Å². The van der Waals surface area contributed by atoms with Crippen LogP contribution in [0.2, 0.25) is 5.02 Å². The zero-order valence-corrected chi connectivity index (χ0v) is 16.9. The van der Waals surface area contributed by atoms with E-state index < -0.39 is 23.7 Å². The summed E-state index contributed by atoms with van der Waals surface area (Å²) in [7, 11) is 0. The minimum absolute atomic E-state index is 0.0140. The van der Waals surface area contributed by atoms with Crippen molar-refractivity contribution in [1.82, 2.24) is 9.55 Å². The SMILES string of the molecule is FC(F)(F)c1ccc(N2CCC(Cn3c(C(F)(F)F)nc4ccccc43)CC2)cc1Cl. The largest absolute Gasteiger partial charge is 0.449 e. The van der Waals surface area contributed by atoms with Gasteiger partial charge in [-0.25, -0.2) is 4.98 Å². The summed E-state index contributed by atoms with van der Waals surface area (Å²) in [6, 6.07) is 10.1. The number of anilines is 1. The second-order valence-electron chi connectivity index (χ2n) is 7.62. The Balaban J connectivity index is 1.49. The summed E-state index contributed by atoms with van der Waals surface area (Å²) >= 11 is 5.81. The number of imidazole rings is 1. The van der Waals surface area contributed by atoms with Crippen LogP contribution >= 0.6 is 11.6 Å². The van der Waals surface area contributed by atoms with Crippen LogP contribution < -0.4 is 4.90 Å². The molecule has 1 aliphatic rings. The Morgan fingerprint density at radius 1 is 0.935 bits per heavy atom. The van der Waals surface area contributed by atoms with E-state index in [2.05, 4.69) is 4.98 Å². The predicted octanol–water partition coefficient (Wildman–Crippen LogP) is 6.64. The molecule has 0 saturated carbocycles. The average molecular weight is 462 g/mol. The van der Waals surface area contributed by atoms with Gasteiger partial charge >= 0.3 is 12.4 Å². The van der Waals surface area contributed by atoms with Crippen molar-refractivity contribution >= 4 is 28.3 Å². The molecular weight excluding hydrogens is 444 g/mol. The Morgan fingerprint density at radius 3 is 2.23 bits per heavy atom. The lowest BCUT2D eigenvalue weighted by Gasteiger charge is -2.34. The Bertz CT molecular complexity index is 1080. The van der Waals surface area contributed by atoms with Gasteiger partial charge in [0.1, 0.15) is 0 Å². The Labute approximate surface area is 179 Å². The Hall–Kier alpha value is -2.42. The van der Waals surface area contributed by atoms with E-state index in [0.717, 1.165) is 6.07 Å². The van der Waals surface area contributed by atoms with Crippen molar-refractivity contribution in [3.8, 4) is 0 Å². The topological polar surface area (TPSA) is 21.1 Å². The van der Waals surface area contributed by atoms with Crippen molar-refractivity contribution in [1.29, 1.82) is 0 Å². The molecule has 10 heteroatoms. The Morgan fingerprint density at radius 2 is 1.61 bits per heavy atom. The Kier molecular flexibility index (Phi) is 5.57. The van der Waals surface area contributed by atoms with E-state index in [9.17, 15) is 26.3 Å². The van der Waals surface area contributed by atoms with Gasteiger partial charge in [-0.1, -0.05) is 23.7 Å². The van der Waals surface area contributed by atoms with Gasteiger partial charge in [-0.2, -0.15) is 26.3 Å². The van der Waals surface area contributed by atoms with Crippen LogP contribution in [0.4, 0.5) is 32.0 Å². The van der Waals surface area contributed by atoms with Crippen LogP contribution in [-0.4, -0.2) is 22.6 Å². The molecule has 3 aromatic rings. The van der Waals surface area contributed by atoms with Gasteiger partial charge in [0.2, 0.25) is 5.82 Å². The third-order valence-electron chi connectivity index (χ3n) is 5.59. The third-order valence-corrected chi connectivity index (χ3v) is 5.90. The minimum Gasteiger partial charge on any atom is -0.371 e. The number of benzene rings is 2. The van der Waals surface area contributed by atoms with Gasteiger partial charge in [0.25, 0.3) is 0 Å². The summed E-state index contributed by atoms with van der Waals surface area (Å²) in [5.74, 6) is -0.925. The highest BCUT2D eigenvalue weighted by Crippen LogP contribution is 2.38. The maximum atomic E-state index is 13.5. The summed E-state index contributed by atoms with van der Waals surface area (Å²) in [5, 5.41) is -0.369. The lowest BCUT2D eigenvalue weighted by atomic mass is 9.96. The molecule has 1 saturated heterocycles. The van der Waals surface area contributed by atoms with Gasteiger partial charge in [0.15, 0.2) is 0 Å². The molecular formula is C21H18ClF6N3. The van der Waals surface area contributed by atoms with Crippen molar-refractivity contribution in [3.05, 3.63) is 58.9 Å². The maximum Gasteiger partial charge on any atom is 0.449 e. The van der Waals surface area contributed by atoms with Gasteiger partial charge in [0, 0.05) is 25.3 Å². The number of aromatic nitrogens is 2. The van der Waals surface area contributed by atoms with E-state index in [1.54, 1.807) is 24.3 Å². The highest BCUT2D eigenvalue weighted by atomic mass is 35.5. The second-order valence-corrected chi connectivity index (χ2v) is 8.03. The van der Waals surface area contributed by atoms with Crippen LogP contribution in [0.3, 0.4) is 0 Å². The van der Waals surface area contributed by atoms with Crippen molar-refractivity contribution in [2.24, 2.45) is 5.92 Å². The highest BCUT2D eigenvalue weighted by Gasteiger charge is 2.38. The second kappa shape index (κ2) is 7.93. The first-order chi connectivity index (χ1) is 14.5. The molecule has 4 rings (SSSR count). The molecule has 3 nitrogen and oxygen atoms in total. The standard InChI is InChI=1S/C21H18ClF6N3/c22-16-11-14(5-6-15(16)20(23,24)25)30-9-7-13(8-10-30)12-31-18-4-2-1-3-17(18)29-19(31)21(26,27)28/h1-6,11,13H,7-10,12H2. The van der Waals surface area contributed by atoms with Crippen molar-refractivity contribution in [2.75, 3.05) is 18.0 Å². The van der Waals surface area contributed by atoms with Crippen LogP contribution in [0.15, 0.2) is 42.5 Å². The number of nitrogens with zero attached hydrogens (tertiary/aromatic N) is 3. The molecule has 2 aromatic carbocycles. The van der Waals surface area contributed by atoms with E-state index in [4.69, 9.17) is 11.6 Å². The number of hydrogen-bond donors (Lipinski definition) is 0. The van der Waals surface area contributed by atoms with Crippen LogP contribution in [0, 0.1) is 5.92 Å². The third kappa shape index (κ3) is 4.46. The van der Waals surface area contributed by atoms with Crippen molar-refractivity contribution < 1.29 is 26.3 Å². The minimum atomic E-state index is -4.56. The van der Waals surface area contributed by atoms with Gasteiger partial charge in [-0.05, 0) is 49.1 Å². The number of alkyl halides is 6. The van der Waals surface area contributed by atoms with Crippen molar-refractivity contribution in [2.45, 2.75) is 31.7 Å². The number of piperidine rings is 1. The molecule has 0 spiro atoms. The zero-order valence-electron chi connectivity index (χ0n) is 16.1. The zero-order chi connectivity index (χ0) is 22.4. The molecule has 0 amide bonds. The maximum absolute atomic E-state index is 13.5. The van der Waals surface area contributed by atoms with E-state index in [1.807, 2.05) is 4.90 Å². The van der Waals surface area contributed by atoms with Gasteiger partial charge < -0.3 is 9.47 Å². The molecule has 0 unspecified atom stereocenters. The first kappa shape index (κ1) is 21.8. The van der Waals surface area contributed by atoms with Crippen molar-refractivity contribution in [3.63, 3.8) is 0 Å². The summed E-state index contributed by atoms with van der Waals surface area (Å²) in [4.78, 5) is 5.67. The molecule has 0 bridgehead atoms. The molecule has 0 radical (unpaired) electrons. The summed E-state index contributed by atoms with van der Waals surface area (Å²) < 4.78 is 80.4. The molecule has 0 aliphatic carbocycles. The summed E-state index contributed by atoms with van der Waals surface area (Å²) in [6.07, 6.45) is -7.88. The molecule has 1 fully saturated rings. The van der Waals surface area contributed by atoms with Gasteiger partial charge in [-0.15, -0.1) is 0 Å². The van der Waals surface area contributed by atoms with E-state index in [0.29, 0.717) is 42.7 Å². The quantitative estimate of drug-likeness (QED) is 0.407. The molecule has 0 N–H and O–H groups in total. The number of rotatable bonds is 3. The molecule has 31 heavy (non-hydrogen) atoms. The van der Waals surface area contributed by atoms with E-state index in [1.165, 1.54) is 16.7 Å². The fourth-order valence-electron chi connectivity index (χ4n) is 4.04. The molecule has 1 aromatic heterocycles. The van der Waals surface area contributed by atoms with Crippen LogP contribution in [0.5, 0.6) is 0 Å². The lowest BCUT2D eigenvalue weighted by molar-refractivity contribution is -0.147. The van der Waals surface area contributed by atoms with E-state index >= 15 is 0 Å². The predicted molar refractivity (Wildman–Crippen MR) is 106 cm³/mol. The summed E-state index contributed by atoms with van der Waals surface area (Å²) in [6.45, 7) is 1.21. The van der Waals surface area contributed by atoms with Crippen LogP contribution in [-0.2, 0) is 18.9 Å². The first-order valence-corrected chi connectivity index (χ1v) is 10.1. The molecule has 166 valence electrons. The fourth-order valence-corrected chi connectivity index (χ4v) is 4.32. The lowest BCUT2D eigenvalue weighted by Crippen LogP contribution is -2.35. The molecule has 0 atom stereocenters. The number of fused-ring (bicyclic) bond motifs is 1. The van der Waals surface area contributed by atoms with E-state index in [-0.39, 0.29) is 17.5 Å². The smallest absolute Gasteiger partial charge is 0.371 e. The highest BCUT2D eigenvalue weighted by molar-refractivity contribution is 6.31.